The van der Waals surface area contributed by atoms with Crippen LogP contribution in [0, 0.1) is 0 Å². The minimum atomic E-state index is -0.658. The van der Waals surface area contributed by atoms with Crippen LogP contribution in [0.3, 0.4) is 0 Å². The van der Waals surface area contributed by atoms with Gasteiger partial charge in [0.1, 0.15) is 6.04 Å². The molecule has 0 spiro atoms. The van der Waals surface area contributed by atoms with E-state index in [4.69, 9.17) is 5.73 Å². The molecular weight excluding hydrogens is 364 g/mol. The molecule has 2 amide bonds. The summed E-state index contributed by atoms with van der Waals surface area (Å²) in [6.07, 6.45) is 3.41. The number of nitrogens with one attached hydrogen (secondary N) is 2. The molecule has 0 fully saturated rings. The SMILES string of the molecule is CC1(C)C(=O)Nc2ccc(-c3cncc(NC(C(N)=O)c4ccccc4)c3)cc21. The highest BCUT2D eigenvalue weighted by Gasteiger charge is 2.38. The molecule has 1 atom stereocenters. The number of pyridine rings is 1. The predicted molar refractivity (Wildman–Crippen MR) is 113 cm³/mol. The Labute approximate surface area is 169 Å². The number of aromatic nitrogens is 1. The summed E-state index contributed by atoms with van der Waals surface area (Å²) in [5.74, 6) is -0.476. The van der Waals surface area contributed by atoms with Gasteiger partial charge in [0, 0.05) is 17.4 Å². The molecular formula is C23H22N4O2. The molecule has 1 aromatic heterocycles. The van der Waals surface area contributed by atoms with Crippen molar-refractivity contribution in [2.24, 2.45) is 5.73 Å². The van der Waals surface area contributed by atoms with Gasteiger partial charge in [-0.15, -0.1) is 0 Å². The highest BCUT2D eigenvalue weighted by atomic mass is 16.2. The second kappa shape index (κ2) is 7.05. The molecule has 6 heteroatoms. The van der Waals surface area contributed by atoms with E-state index in [9.17, 15) is 9.59 Å². The lowest BCUT2D eigenvalue weighted by atomic mass is 9.85. The van der Waals surface area contributed by atoms with Crippen molar-refractivity contribution in [3.8, 4) is 11.1 Å². The summed E-state index contributed by atoms with van der Waals surface area (Å²) in [4.78, 5) is 28.5. The summed E-state index contributed by atoms with van der Waals surface area (Å²) in [7, 11) is 0. The highest BCUT2D eigenvalue weighted by Crippen LogP contribution is 2.39. The van der Waals surface area contributed by atoms with Gasteiger partial charge >= 0.3 is 0 Å². The third-order valence-corrected chi connectivity index (χ3v) is 5.31. The van der Waals surface area contributed by atoms with Crippen LogP contribution < -0.4 is 16.4 Å². The van der Waals surface area contributed by atoms with Gasteiger partial charge in [0.2, 0.25) is 11.8 Å². The smallest absolute Gasteiger partial charge is 0.244 e. The van der Waals surface area contributed by atoms with Crippen molar-refractivity contribution in [3.63, 3.8) is 0 Å². The first-order chi connectivity index (χ1) is 13.9. The number of benzene rings is 2. The number of carbonyl (C=O) groups excluding carboxylic acids is 2. The van der Waals surface area contributed by atoms with Gasteiger partial charge in [-0.3, -0.25) is 14.6 Å². The predicted octanol–water partition coefficient (Wildman–Crippen LogP) is 3.62. The van der Waals surface area contributed by atoms with E-state index in [-0.39, 0.29) is 5.91 Å². The van der Waals surface area contributed by atoms with E-state index in [1.165, 1.54) is 0 Å². The molecule has 146 valence electrons. The van der Waals surface area contributed by atoms with Gasteiger partial charge in [-0.05, 0) is 48.7 Å². The van der Waals surface area contributed by atoms with Crippen LogP contribution in [0.5, 0.6) is 0 Å². The molecule has 1 aliphatic rings. The van der Waals surface area contributed by atoms with Gasteiger partial charge in [0.25, 0.3) is 0 Å². The maximum absolute atomic E-state index is 12.2. The quantitative estimate of drug-likeness (QED) is 0.624. The fraction of sp³-hybridized carbons (Fsp3) is 0.174. The van der Waals surface area contributed by atoms with Crippen LogP contribution >= 0.6 is 0 Å². The van der Waals surface area contributed by atoms with E-state index >= 15 is 0 Å². The standard InChI is InChI=1S/C23H22N4O2/c1-23(2)18-11-15(8-9-19(18)27-22(23)29)16-10-17(13-25-12-16)26-20(21(24)28)14-6-4-3-5-7-14/h3-13,20,26H,1-2H3,(H2,24,28)(H,27,29). The zero-order chi connectivity index (χ0) is 20.6. The van der Waals surface area contributed by atoms with Gasteiger partial charge in [-0.25, -0.2) is 0 Å². The first-order valence-electron chi connectivity index (χ1n) is 9.38. The monoisotopic (exact) mass is 386 g/mol. The number of rotatable bonds is 5. The normalized spacial score (nSPS) is 15.3. The van der Waals surface area contributed by atoms with Crippen LogP contribution in [0.25, 0.3) is 11.1 Å². The minimum absolute atomic E-state index is 0.00893. The van der Waals surface area contributed by atoms with Crippen LogP contribution in [-0.4, -0.2) is 16.8 Å². The summed E-state index contributed by atoms with van der Waals surface area (Å²) in [5, 5.41) is 6.09. The Bertz CT molecular complexity index is 1090. The van der Waals surface area contributed by atoms with Crippen molar-refractivity contribution >= 4 is 23.2 Å². The molecule has 1 unspecified atom stereocenters. The number of anilines is 2. The molecule has 2 aromatic carbocycles. The van der Waals surface area contributed by atoms with Gasteiger partial charge in [-0.2, -0.15) is 0 Å². The molecule has 1 aliphatic heterocycles. The molecule has 0 aliphatic carbocycles. The Morgan fingerprint density at radius 1 is 1.07 bits per heavy atom. The lowest BCUT2D eigenvalue weighted by Crippen LogP contribution is -2.27. The van der Waals surface area contributed by atoms with Crippen molar-refractivity contribution in [2.45, 2.75) is 25.3 Å². The molecule has 3 aromatic rings. The molecule has 4 rings (SSSR count). The van der Waals surface area contributed by atoms with Crippen molar-refractivity contribution in [3.05, 3.63) is 78.1 Å². The number of fused-ring (bicyclic) bond motifs is 1. The Balaban J connectivity index is 1.66. The lowest BCUT2D eigenvalue weighted by molar-refractivity contribution is -0.120. The number of hydrogen-bond acceptors (Lipinski definition) is 4. The third kappa shape index (κ3) is 3.45. The van der Waals surface area contributed by atoms with Gasteiger partial charge in [0.15, 0.2) is 0 Å². The topological polar surface area (TPSA) is 97.1 Å². The summed E-state index contributed by atoms with van der Waals surface area (Å²) in [5.41, 5.74) is 10.1. The third-order valence-electron chi connectivity index (χ3n) is 5.31. The van der Waals surface area contributed by atoms with Gasteiger partial charge in [0.05, 0.1) is 17.3 Å². The molecule has 6 nitrogen and oxygen atoms in total. The fourth-order valence-electron chi connectivity index (χ4n) is 3.56. The number of nitrogens with zero attached hydrogens (tertiary/aromatic N) is 1. The number of carbonyl (C=O) groups is 2. The number of primary amides is 1. The summed E-state index contributed by atoms with van der Waals surface area (Å²) >= 11 is 0. The average Bonchev–Trinajstić information content (AvgIpc) is 2.95. The Morgan fingerprint density at radius 3 is 2.55 bits per heavy atom. The van der Waals surface area contributed by atoms with Gasteiger partial charge < -0.3 is 16.4 Å². The van der Waals surface area contributed by atoms with Crippen LogP contribution in [0.2, 0.25) is 0 Å². The van der Waals surface area contributed by atoms with E-state index in [1.807, 2.05) is 68.4 Å². The maximum Gasteiger partial charge on any atom is 0.244 e. The Morgan fingerprint density at radius 2 is 1.83 bits per heavy atom. The second-order valence-electron chi connectivity index (χ2n) is 7.69. The van der Waals surface area contributed by atoms with Crippen molar-refractivity contribution in [1.29, 1.82) is 0 Å². The zero-order valence-electron chi connectivity index (χ0n) is 16.3. The van der Waals surface area contributed by atoms with E-state index in [0.29, 0.717) is 5.69 Å². The fourth-order valence-corrected chi connectivity index (χ4v) is 3.56. The molecule has 0 radical (unpaired) electrons. The van der Waals surface area contributed by atoms with Crippen molar-refractivity contribution < 1.29 is 9.59 Å². The average molecular weight is 386 g/mol. The van der Waals surface area contributed by atoms with E-state index in [0.717, 1.165) is 27.9 Å². The Kier molecular flexibility index (Phi) is 4.54. The number of hydrogen-bond donors (Lipinski definition) is 3. The number of amides is 2. The summed E-state index contributed by atoms with van der Waals surface area (Å²) < 4.78 is 0. The highest BCUT2D eigenvalue weighted by molar-refractivity contribution is 6.06. The molecule has 0 saturated heterocycles. The van der Waals surface area contributed by atoms with Crippen LogP contribution in [-0.2, 0) is 15.0 Å². The second-order valence-corrected chi connectivity index (χ2v) is 7.69. The largest absolute Gasteiger partial charge is 0.369 e. The lowest BCUT2D eigenvalue weighted by Gasteiger charge is -2.18. The zero-order valence-corrected chi connectivity index (χ0v) is 16.3. The van der Waals surface area contributed by atoms with Crippen molar-refractivity contribution in [2.75, 3.05) is 10.6 Å². The first-order valence-corrected chi connectivity index (χ1v) is 9.38. The Hall–Kier alpha value is -3.67. The van der Waals surface area contributed by atoms with Crippen LogP contribution in [0.1, 0.15) is 31.0 Å². The molecule has 29 heavy (non-hydrogen) atoms. The number of nitrogens with two attached hydrogens (primary N) is 1. The summed E-state index contributed by atoms with van der Waals surface area (Å²) in [6, 6.07) is 16.5. The van der Waals surface area contributed by atoms with E-state index in [1.54, 1.807) is 12.4 Å². The van der Waals surface area contributed by atoms with E-state index in [2.05, 4.69) is 15.6 Å². The van der Waals surface area contributed by atoms with Crippen molar-refractivity contribution in [1.82, 2.24) is 4.98 Å². The molecule has 0 saturated carbocycles. The molecule has 4 N–H and O–H groups in total. The first kappa shape index (κ1) is 18.7. The maximum atomic E-state index is 12.2. The minimum Gasteiger partial charge on any atom is -0.369 e. The van der Waals surface area contributed by atoms with Gasteiger partial charge in [-0.1, -0.05) is 36.4 Å². The molecule has 0 bridgehead atoms. The van der Waals surface area contributed by atoms with Crippen LogP contribution in [0.4, 0.5) is 11.4 Å². The van der Waals surface area contributed by atoms with Crippen LogP contribution in [0.15, 0.2) is 67.0 Å². The summed E-state index contributed by atoms with van der Waals surface area (Å²) in [6.45, 7) is 3.82. The van der Waals surface area contributed by atoms with E-state index < -0.39 is 17.4 Å². The molecule has 2 heterocycles.